The number of anilines is 1. The number of carbonyl (C=O) groups excluding carboxylic acids is 1. The van der Waals surface area contributed by atoms with Gasteiger partial charge in [-0.05, 0) is 30.0 Å². The van der Waals surface area contributed by atoms with Crippen molar-refractivity contribution >= 4 is 23.7 Å². The van der Waals surface area contributed by atoms with Gasteiger partial charge in [0.05, 0.1) is 0 Å². The van der Waals surface area contributed by atoms with E-state index in [1.54, 1.807) is 0 Å². The lowest BCUT2D eigenvalue weighted by atomic mass is 10.0. The van der Waals surface area contributed by atoms with Crippen LogP contribution in [0, 0.1) is 5.92 Å². The molecule has 2 aromatic carbocycles. The van der Waals surface area contributed by atoms with Gasteiger partial charge in [-0.1, -0.05) is 74.5 Å². The fourth-order valence-electron chi connectivity index (χ4n) is 2.40. The highest BCUT2D eigenvalue weighted by Crippen LogP contribution is 2.20. The lowest BCUT2D eigenvalue weighted by molar-refractivity contribution is -0.120. The summed E-state index contributed by atoms with van der Waals surface area (Å²) in [6, 6.07) is 18.0. The van der Waals surface area contributed by atoms with Gasteiger partial charge in [-0.2, -0.15) is 0 Å². The van der Waals surface area contributed by atoms with Gasteiger partial charge in [-0.3, -0.25) is 4.79 Å². The van der Waals surface area contributed by atoms with Gasteiger partial charge in [-0.25, -0.2) is 0 Å². The predicted octanol–water partition coefficient (Wildman–Crippen LogP) is 5.23. The van der Waals surface area contributed by atoms with Gasteiger partial charge in [0.1, 0.15) is 0 Å². The molecule has 1 amide bonds. The van der Waals surface area contributed by atoms with Gasteiger partial charge in [0, 0.05) is 11.6 Å². The summed E-state index contributed by atoms with van der Waals surface area (Å²) >= 11 is 0. The molecule has 0 heterocycles. The molecule has 0 atom stereocenters. The van der Waals surface area contributed by atoms with Crippen LogP contribution in [-0.4, -0.2) is 5.91 Å². The summed E-state index contributed by atoms with van der Waals surface area (Å²) in [6.45, 7) is 4.10. The third-order valence-corrected chi connectivity index (χ3v) is 3.83. The highest BCUT2D eigenvalue weighted by Gasteiger charge is 2.14. The molecule has 0 saturated heterocycles. The summed E-state index contributed by atoms with van der Waals surface area (Å²) in [7, 11) is 0. The maximum atomic E-state index is 12.3. The van der Waals surface area contributed by atoms with Crippen molar-refractivity contribution in [1.82, 2.24) is 0 Å². The van der Waals surface area contributed by atoms with Crippen LogP contribution in [-0.2, 0) is 4.79 Å². The van der Waals surface area contributed by atoms with E-state index in [2.05, 4.69) is 37.4 Å². The van der Waals surface area contributed by atoms with Crippen molar-refractivity contribution in [1.29, 1.82) is 0 Å². The van der Waals surface area contributed by atoms with Crippen LogP contribution in [0.3, 0.4) is 0 Å². The van der Waals surface area contributed by atoms with Crippen LogP contribution < -0.4 is 5.32 Å². The minimum atomic E-state index is 0.0751. The Labute approximate surface area is 132 Å². The van der Waals surface area contributed by atoms with Crippen molar-refractivity contribution in [2.24, 2.45) is 5.92 Å². The molecule has 0 aliphatic heterocycles. The molecule has 1 N–H and O–H groups in total. The van der Waals surface area contributed by atoms with Crippen LogP contribution in [0.15, 0.2) is 54.6 Å². The van der Waals surface area contributed by atoms with E-state index in [1.807, 2.05) is 48.5 Å². The second kappa shape index (κ2) is 8.18. The van der Waals surface area contributed by atoms with E-state index in [4.69, 9.17) is 0 Å². The fraction of sp³-hybridized carbons (Fsp3) is 0.250. The van der Waals surface area contributed by atoms with Gasteiger partial charge >= 0.3 is 0 Å². The van der Waals surface area contributed by atoms with Gasteiger partial charge in [-0.15, -0.1) is 0 Å². The topological polar surface area (TPSA) is 29.1 Å². The molecule has 0 unspecified atom stereocenters. The minimum absolute atomic E-state index is 0.0751. The summed E-state index contributed by atoms with van der Waals surface area (Å²) in [5, 5.41) is 3.06. The zero-order valence-electron chi connectivity index (χ0n) is 13.3. The van der Waals surface area contributed by atoms with Crippen LogP contribution in [0.25, 0.3) is 12.2 Å². The Balaban J connectivity index is 2.17. The SMILES string of the molecule is CCC(CC)C(=O)Nc1ccccc1C=Cc1ccccc1. The lowest BCUT2D eigenvalue weighted by Gasteiger charge is -2.14. The second-order valence-electron chi connectivity index (χ2n) is 5.33. The van der Waals surface area contributed by atoms with Crippen molar-refractivity contribution in [2.45, 2.75) is 26.7 Å². The fourth-order valence-corrected chi connectivity index (χ4v) is 2.40. The summed E-state index contributed by atoms with van der Waals surface area (Å²) in [6.07, 6.45) is 5.83. The summed E-state index contributed by atoms with van der Waals surface area (Å²) in [5.41, 5.74) is 3.03. The first-order valence-electron chi connectivity index (χ1n) is 7.87. The highest BCUT2D eigenvalue weighted by atomic mass is 16.1. The third kappa shape index (κ3) is 4.32. The Morgan fingerprint density at radius 3 is 2.27 bits per heavy atom. The molecule has 0 radical (unpaired) electrons. The molecule has 0 bridgehead atoms. The average Bonchev–Trinajstić information content (AvgIpc) is 2.56. The van der Waals surface area contributed by atoms with E-state index >= 15 is 0 Å². The van der Waals surface area contributed by atoms with Crippen LogP contribution in [0.4, 0.5) is 5.69 Å². The number of para-hydroxylation sites is 1. The van der Waals surface area contributed by atoms with Crippen LogP contribution in [0.1, 0.15) is 37.8 Å². The molecular weight excluding hydrogens is 270 g/mol. The van der Waals surface area contributed by atoms with E-state index in [0.717, 1.165) is 29.7 Å². The maximum Gasteiger partial charge on any atom is 0.227 e. The molecule has 0 saturated carbocycles. The molecule has 0 aromatic heterocycles. The van der Waals surface area contributed by atoms with E-state index < -0.39 is 0 Å². The number of benzene rings is 2. The summed E-state index contributed by atoms with van der Waals surface area (Å²) < 4.78 is 0. The van der Waals surface area contributed by atoms with E-state index in [9.17, 15) is 4.79 Å². The Kier molecular flexibility index (Phi) is 5.96. The molecule has 22 heavy (non-hydrogen) atoms. The first-order chi connectivity index (χ1) is 10.7. The molecule has 0 spiro atoms. The zero-order chi connectivity index (χ0) is 15.8. The Morgan fingerprint density at radius 2 is 1.59 bits per heavy atom. The second-order valence-corrected chi connectivity index (χ2v) is 5.33. The molecule has 2 heteroatoms. The molecule has 0 fully saturated rings. The molecule has 0 aliphatic rings. The summed E-state index contributed by atoms with van der Waals surface area (Å²) in [5.74, 6) is 0.178. The number of carbonyl (C=O) groups is 1. The molecule has 2 rings (SSSR count). The molecule has 114 valence electrons. The van der Waals surface area contributed by atoms with Crippen molar-refractivity contribution in [3.8, 4) is 0 Å². The smallest absolute Gasteiger partial charge is 0.227 e. The van der Waals surface area contributed by atoms with Gasteiger partial charge in [0.2, 0.25) is 5.91 Å². The predicted molar refractivity (Wildman–Crippen MR) is 94.5 cm³/mol. The monoisotopic (exact) mass is 293 g/mol. The van der Waals surface area contributed by atoms with Gasteiger partial charge in [0.25, 0.3) is 0 Å². The molecule has 2 nitrogen and oxygen atoms in total. The number of rotatable bonds is 6. The molecule has 2 aromatic rings. The lowest BCUT2D eigenvalue weighted by Crippen LogP contribution is -2.22. The summed E-state index contributed by atoms with van der Waals surface area (Å²) in [4.78, 5) is 12.3. The number of amides is 1. The molecular formula is C20H23NO. The quantitative estimate of drug-likeness (QED) is 0.726. The highest BCUT2D eigenvalue weighted by molar-refractivity contribution is 5.95. The van der Waals surface area contributed by atoms with Gasteiger partial charge < -0.3 is 5.32 Å². The standard InChI is InChI=1S/C20H23NO/c1-3-17(4-2)20(22)21-19-13-9-8-12-18(19)15-14-16-10-6-5-7-11-16/h5-15,17H,3-4H2,1-2H3,(H,21,22). The number of nitrogens with one attached hydrogen (secondary N) is 1. The van der Waals surface area contributed by atoms with Gasteiger partial charge in [0.15, 0.2) is 0 Å². The van der Waals surface area contributed by atoms with E-state index in [1.165, 1.54) is 0 Å². The maximum absolute atomic E-state index is 12.3. The Hall–Kier alpha value is -2.35. The van der Waals surface area contributed by atoms with Crippen LogP contribution >= 0.6 is 0 Å². The van der Waals surface area contributed by atoms with Crippen molar-refractivity contribution in [3.05, 3.63) is 65.7 Å². The Bertz CT molecular complexity index is 627. The third-order valence-electron chi connectivity index (χ3n) is 3.83. The molecule has 0 aliphatic carbocycles. The minimum Gasteiger partial charge on any atom is -0.325 e. The number of hydrogen-bond acceptors (Lipinski definition) is 1. The average molecular weight is 293 g/mol. The Morgan fingerprint density at radius 1 is 0.955 bits per heavy atom. The largest absolute Gasteiger partial charge is 0.325 e. The van der Waals surface area contributed by atoms with E-state index in [-0.39, 0.29) is 11.8 Å². The van der Waals surface area contributed by atoms with Crippen LogP contribution in [0.5, 0.6) is 0 Å². The van der Waals surface area contributed by atoms with Crippen molar-refractivity contribution < 1.29 is 4.79 Å². The number of hydrogen-bond donors (Lipinski definition) is 1. The normalized spacial score (nSPS) is 11.0. The van der Waals surface area contributed by atoms with Crippen LogP contribution in [0.2, 0.25) is 0 Å². The first kappa shape index (κ1) is 16.0. The zero-order valence-corrected chi connectivity index (χ0v) is 13.3. The van der Waals surface area contributed by atoms with Crippen molar-refractivity contribution in [2.75, 3.05) is 5.32 Å². The van der Waals surface area contributed by atoms with Crippen molar-refractivity contribution in [3.63, 3.8) is 0 Å². The first-order valence-corrected chi connectivity index (χ1v) is 7.87. The van der Waals surface area contributed by atoms with E-state index in [0.29, 0.717) is 0 Å².